The number of fused-ring (bicyclic) bond motifs is 5. The van der Waals surface area contributed by atoms with E-state index in [2.05, 4.69) is 5.32 Å². The van der Waals surface area contributed by atoms with E-state index in [1.165, 1.54) is 10.6 Å². The zero-order valence-electron chi connectivity index (χ0n) is 22.5. The number of carbonyl (C=O) groups is 3. The first-order chi connectivity index (χ1) is 19.5. The number of benzene rings is 1. The number of halogens is 1. The van der Waals surface area contributed by atoms with Gasteiger partial charge in [-0.2, -0.15) is 0 Å². The molecule has 3 aliphatic rings. The largest absolute Gasteiger partial charge is 0.481 e. The summed E-state index contributed by atoms with van der Waals surface area (Å²) in [6, 6.07) is 1.54. The molecule has 1 aliphatic carbocycles. The molecule has 12 heteroatoms. The van der Waals surface area contributed by atoms with E-state index in [1.807, 2.05) is 0 Å². The maximum absolute atomic E-state index is 15.1. The number of amides is 1. The minimum atomic E-state index is -1.99. The quantitative estimate of drug-likeness (QED) is 0.244. The number of primary amides is 1. The average Bonchev–Trinajstić information content (AvgIpc) is 3.30. The minimum Gasteiger partial charge on any atom is -0.481 e. The van der Waals surface area contributed by atoms with E-state index in [1.54, 1.807) is 19.9 Å². The molecule has 3 aromatic rings. The lowest BCUT2D eigenvalue weighted by atomic mass is 9.81. The summed E-state index contributed by atoms with van der Waals surface area (Å²) < 4.78 is 21.7. The number of nitrogens with zero attached hydrogens (tertiary/aromatic N) is 2. The molecule has 2 aliphatic heterocycles. The highest BCUT2D eigenvalue weighted by atomic mass is 19.1. The molecule has 0 saturated heterocycles. The van der Waals surface area contributed by atoms with Crippen LogP contribution in [0.1, 0.15) is 72.0 Å². The Kier molecular flexibility index (Phi) is 6.23. The molecule has 0 spiro atoms. The van der Waals surface area contributed by atoms with Gasteiger partial charge in [0.1, 0.15) is 12.4 Å². The van der Waals surface area contributed by atoms with E-state index in [-0.39, 0.29) is 43.5 Å². The van der Waals surface area contributed by atoms with Gasteiger partial charge in [-0.3, -0.25) is 19.7 Å². The maximum atomic E-state index is 15.1. The van der Waals surface area contributed by atoms with Crippen LogP contribution >= 0.6 is 0 Å². The monoisotopic (exact) mass is 564 g/mol. The molecule has 0 unspecified atom stereocenters. The van der Waals surface area contributed by atoms with Crippen molar-refractivity contribution in [3.8, 4) is 11.4 Å². The zero-order chi connectivity index (χ0) is 29.4. The van der Waals surface area contributed by atoms with E-state index in [9.17, 15) is 29.4 Å². The number of aliphatic hydroxyl groups is 1. The van der Waals surface area contributed by atoms with Crippen molar-refractivity contribution < 1.29 is 33.7 Å². The summed E-state index contributed by atoms with van der Waals surface area (Å²) in [6.45, 7) is 3.17. The Labute approximate surface area is 233 Å². The van der Waals surface area contributed by atoms with E-state index < -0.39 is 46.9 Å². The second kappa shape index (κ2) is 9.45. The van der Waals surface area contributed by atoms with Gasteiger partial charge in [0.2, 0.25) is 5.91 Å². The summed E-state index contributed by atoms with van der Waals surface area (Å²) in [6.07, 6.45) is 0.684. The summed E-state index contributed by atoms with van der Waals surface area (Å²) in [5.74, 6) is -3.00. The number of aryl methyl sites for hydroxylation is 1. The summed E-state index contributed by atoms with van der Waals surface area (Å²) >= 11 is 0. The Morgan fingerprint density at radius 1 is 1.29 bits per heavy atom. The van der Waals surface area contributed by atoms with Crippen molar-refractivity contribution in [2.24, 2.45) is 5.73 Å². The standard InChI is InChI=1S/C29H29FN4O7/c1-3-29(40)16-8-21-25-14(10-34(21)27(38)15(16)11-41-28(29)39)24-18(32-19(26(31)37)6-7-22(35)36)5-4-13-12(2)17(30)9-20(33-25)23(13)24/h8-9,18-19,32,40H,3-7,10-11H2,1-2H3,(H2,31,37)(H,35,36)/t18-,19-,29-/m0/s1. The zero-order valence-corrected chi connectivity index (χ0v) is 22.5. The molecule has 4 heterocycles. The predicted octanol–water partition coefficient (Wildman–Crippen LogP) is 1.82. The van der Waals surface area contributed by atoms with Crippen molar-refractivity contribution in [1.82, 2.24) is 14.9 Å². The van der Waals surface area contributed by atoms with Crippen LogP contribution in [-0.4, -0.2) is 43.7 Å². The number of carboxylic acid groups (broad SMARTS) is 1. The maximum Gasteiger partial charge on any atom is 0.343 e. The van der Waals surface area contributed by atoms with Crippen molar-refractivity contribution in [2.45, 2.75) is 76.8 Å². The summed E-state index contributed by atoms with van der Waals surface area (Å²) in [7, 11) is 0. The number of pyridine rings is 2. The van der Waals surface area contributed by atoms with Crippen LogP contribution in [0.15, 0.2) is 16.9 Å². The number of hydrogen-bond donors (Lipinski definition) is 4. The molecule has 0 fully saturated rings. The summed E-state index contributed by atoms with van der Waals surface area (Å²) in [5, 5.41) is 24.3. The smallest absolute Gasteiger partial charge is 0.343 e. The molecule has 1 aromatic carbocycles. The van der Waals surface area contributed by atoms with Crippen molar-refractivity contribution in [3.63, 3.8) is 0 Å². The third kappa shape index (κ3) is 3.96. The fraction of sp³-hybridized carbons (Fsp3) is 0.414. The first kappa shape index (κ1) is 27.0. The highest BCUT2D eigenvalue weighted by Gasteiger charge is 2.46. The lowest BCUT2D eigenvalue weighted by Crippen LogP contribution is -2.44. The third-order valence-electron chi connectivity index (χ3n) is 8.77. The van der Waals surface area contributed by atoms with Gasteiger partial charge in [-0.05, 0) is 55.4 Å². The number of nitrogens with one attached hydrogen (secondary N) is 1. The van der Waals surface area contributed by atoms with Crippen LogP contribution in [0.3, 0.4) is 0 Å². The first-order valence-corrected chi connectivity index (χ1v) is 13.5. The number of esters is 1. The number of aromatic nitrogens is 2. The molecular formula is C29H29FN4O7. The van der Waals surface area contributed by atoms with Gasteiger partial charge >= 0.3 is 11.9 Å². The molecule has 0 bridgehead atoms. The van der Waals surface area contributed by atoms with Gasteiger partial charge in [0.05, 0.1) is 35.1 Å². The number of carbonyl (C=O) groups excluding carboxylic acids is 2. The first-order valence-electron chi connectivity index (χ1n) is 13.5. The van der Waals surface area contributed by atoms with Crippen LogP contribution in [-0.2, 0) is 44.3 Å². The second-order valence-electron chi connectivity index (χ2n) is 11.0. The molecule has 1 amide bonds. The molecule has 0 radical (unpaired) electrons. The van der Waals surface area contributed by atoms with Crippen LogP contribution in [0.5, 0.6) is 0 Å². The van der Waals surface area contributed by atoms with E-state index in [4.69, 9.17) is 15.5 Å². The van der Waals surface area contributed by atoms with Crippen LogP contribution in [0.2, 0.25) is 0 Å². The molecule has 214 valence electrons. The second-order valence-corrected chi connectivity index (χ2v) is 11.0. The fourth-order valence-corrected chi connectivity index (χ4v) is 6.54. The van der Waals surface area contributed by atoms with E-state index in [0.717, 1.165) is 16.5 Å². The highest BCUT2D eigenvalue weighted by molar-refractivity contribution is 5.93. The average molecular weight is 565 g/mol. The number of ether oxygens (including phenoxy) is 1. The van der Waals surface area contributed by atoms with Gasteiger partial charge in [-0.25, -0.2) is 14.2 Å². The molecular weight excluding hydrogens is 535 g/mol. The Morgan fingerprint density at radius 3 is 2.73 bits per heavy atom. The van der Waals surface area contributed by atoms with E-state index in [0.29, 0.717) is 40.9 Å². The topological polar surface area (TPSA) is 174 Å². The summed E-state index contributed by atoms with van der Waals surface area (Å²) in [4.78, 5) is 54.5. The van der Waals surface area contributed by atoms with Gasteiger partial charge in [0.15, 0.2) is 5.60 Å². The molecule has 0 saturated carbocycles. The number of cyclic esters (lactones) is 1. The number of hydrogen-bond acceptors (Lipinski definition) is 8. The lowest BCUT2D eigenvalue weighted by Gasteiger charge is -2.32. The van der Waals surface area contributed by atoms with Crippen LogP contribution in [0.25, 0.3) is 22.3 Å². The van der Waals surface area contributed by atoms with E-state index >= 15 is 4.39 Å². The van der Waals surface area contributed by atoms with Crippen molar-refractivity contribution >= 4 is 28.7 Å². The number of rotatable bonds is 7. The van der Waals surface area contributed by atoms with Crippen molar-refractivity contribution in [1.29, 1.82) is 0 Å². The van der Waals surface area contributed by atoms with Gasteiger partial charge in [-0.15, -0.1) is 0 Å². The molecule has 41 heavy (non-hydrogen) atoms. The van der Waals surface area contributed by atoms with Crippen LogP contribution < -0.4 is 16.6 Å². The van der Waals surface area contributed by atoms with Gasteiger partial charge < -0.3 is 25.3 Å². The molecule has 11 nitrogen and oxygen atoms in total. The Balaban J connectivity index is 1.58. The predicted molar refractivity (Wildman–Crippen MR) is 143 cm³/mol. The summed E-state index contributed by atoms with van der Waals surface area (Å²) in [5.41, 5.74) is 7.44. The number of carboxylic acids is 1. The van der Waals surface area contributed by atoms with Gasteiger partial charge in [0.25, 0.3) is 5.56 Å². The van der Waals surface area contributed by atoms with Crippen molar-refractivity contribution in [3.05, 3.63) is 61.7 Å². The number of nitrogens with two attached hydrogens (primary N) is 1. The van der Waals surface area contributed by atoms with Gasteiger partial charge in [0, 0.05) is 35.0 Å². The lowest BCUT2D eigenvalue weighted by molar-refractivity contribution is -0.172. The minimum absolute atomic E-state index is 0.00429. The number of aliphatic carboxylic acids is 1. The third-order valence-corrected chi connectivity index (χ3v) is 8.77. The SMILES string of the molecule is CC[C@@]1(O)C(=O)OCc2c1cc1n(c2=O)Cc2c-1nc1cc(F)c(C)c3c1c2[C@@H](N[C@@H](CCC(=O)O)C(N)=O)CC3. The Hall–Kier alpha value is -4.16. The molecule has 5 N–H and O–H groups in total. The van der Waals surface area contributed by atoms with Crippen LogP contribution in [0, 0.1) is 12.7 Å². The molecule has 6 rings (SSSR count). The van der Waals surface area contributed by atoms with Gasteiger partial charge in [-0.1, -0.05) is 6.92 Å². The molecule has 2 aromatic heterocycles. The van der Waals surface area contributed by atoms with Crippen LogP contribution in [0.4, 0.5) is 4.39 Å². The molecule has 3 atom stereocenters. The highest BCUT2D eigenvalue weighted by Crippen LogP contribution is 2.46. The Bertz CT molecular complexity index is 1750. The fourth-order valence-electron chi connectivity index (χ4n) is 6.54. The van der Waals surface area contributed by atoms with Crippen molar-refractivity contribution in [2.75, 3.05) is 0 Å². The Morgan fingerprint density at radius 2 is 2.05 bits per heavy atom. The normalized spacial score (nSPS) is 21.2.